The third-order valence-corrected chi connectivity index (χ3v) is 5.67. The van der Waals surface area contributed by atoms with Crippen LogP contribution in [0.1, 0.15) is 110 Å². The highest BCUT2D eigenvalue weighted by atomic mass is 16.5. The van der Waals surface area contributed by atoms with Gasteiger partial charge in [0, 0.05) is 18.6 Å². The summed E-state index contributed by atoms with van der Waals surface area (Å²) in [4.78, 5) is 12.0. The molecule has 0 fully saturated rings. The van der Waals surface area contributed by atoms with Crippen molar-refractivity contribution in [2.75, 3.05) is 0 Å². The van der Waals surface area contributed by atoms with Crippen molar-refractivity contribution in [3.8, 4) is 23.0 Å². The minimum absolute atomic E-state index is 0.0291. The van der Waals surface area contributed by atoms with E-state index in [0.29, 0.717) is 12.3 Å². The molecule has 30 heavy (non-hydrogen) atoms. The van der Waals surface area contributed by atoms with E-state index in [9.17, 15) is 20.1 Å². The second-order valence-corrected chi connectivity index (χ2v) is 8.61. The van der Waals surface area contributed by atoms with Crippen molar-refractivity contribution in [1.29, 1.82) is 0 Å². The first kappa shape index (κ1) is 26.1. The van der Waals surface area contributed by atoms with Crippen LogP contribution in [0.5, 0.6) is 23.0 Å². The Balaban J connectivity index is 2.00. The highest BCUT2D eigenvalue weighted by Gasteiger charge is 2.13. The molecule has 0 aliphatic heterocycles. The van der Waals surface area contributed by atoms with Gasteiger partial charge in [-0.2, -0.15) is 0 Å². The summed E-state index contributed by atoms with van der Waals surface area (Å²) >= 11 is 0. The van der Waals surface area contributed by atoms with E-state index < -0.39 is 23.2 Å². The van der Waals surface area contributed by atoms with Crippen LogP contribution in [-0.2, 0) is 4.79 Å². The maximum absolute atomic E-state index is 12.0. The number of carbonyl (C=O) groups is 1. The van der Waals surface area contributed by atoms with E-state index in [1.54, 1.807) is 0 Å². The molecule has 0 amide bonds. The Kier molecular flexibility index (Phi) is 13.8. The Morgan fingerprint density at radius 1 is 0.800 bits per heavy atom. The molecule has 0 bridgehead atoms. The van der Waals surface area contributed by atoms with E-state index >= 15 is 0 Å². The number of aromatic hydroxyl groups is 3. The number of unbranched alkanes of at least 4 members (excludes halogenated alkanes) is 11. The van der Waals surface area contributed by atoms with E-state index in [0.717, 1.165) is 25.0 Å². The zero-order valence-corrected chi connectivity index (χ0v) is 19.0. The molecular formula is C25H42O5. The van der Waals surface area contributed by atoms with Crippen molar-refractivity contribution in [3.63, 3.8) is 0 Å². The lowest BCUT2D eigenvalue weighted by Crippen LogP contribution is -2.09. The number of benzene rings is 1. The number of ether oxygens (including phenoxy) is 1. The maximum Gasteiger partial charge on any atom is 0.311 e. The summed E-state index contributed by atoms with van der Waals surface area (Å²) in [5.74, 6) is -1.56. The van der Waals surface area contributed by atoms with Gasteiger partial charge in [-0.3, -0.25) is 4.79 Å². The fourth-order valence-electron chi connectivity index (χ4n) is 3.66. The molecule has 0 radical (unpaired) electrons. The van der Waals surface area contributed by atoms with E-state index in [-0.39, 0.29) is 5.75 Å². The molecule has 0 saturated heterocycles. The molecule has 172 valence electrons. The van der Waals surface area contributed by atoms with Gasteiger partial charge in [-0.15, -0.1) is 0 Å². The van der Waals surface area contributed by atoms with Crippen LogP contribution in [0, 0.1) is 5.92 Å². The van der Waals surface area contributed by atoms with Crippen molar-refractivity contribution in [2.24, 2.45) is 5.92 Å². The lowest BCUT2D eigenvalue weighted by atomic mass is 9.97. The average Bonchev–Trinajstić information content (AvgIpc) is 2.71. The number of hydrogen-bond acceptors (Lipinski definition) is 5. The summed E-state index contributed by atoms with van der Waals surface area (Å²) in [7, 11) is 0. The highest BCUT2D eigenvalue weighted by Crippen LogP contribution is 2.38. The predicted octanol–water partition coefficient (Wildman–Crippen LogP) is 7.22. The van der Waals surface area contributed by atoms with Crippen LogP contribution in [-0.4, -0.2) is 21.3 Å². The summed E-state index contributed by atoms with van der Waals surface area (Å²) in [6.07, 6.45) is 18.3. The molecule has 0 aliphatic rings. The number of phenols is 3. The van der Waals surface area contributed by atoms with Gasteiger partial charge in [0.2, 0.25) is 5.75 Å². The number of hydrogen-bond donors (Lipinski definition) is 3. The van der Waals surface area contributed by atoms with Crippen molar-refractivity contribution in [3.05, 3.63) is 12.1 Å². The van der Waals surface area contributed by atoms with Gasteiger partial charge in [0.05, 0.1) is 0 Å². The van der Waals surface area contributed by atoms with E-state index in [4.69, 9.17) is 4.74 Å². The molecule has 0 spiro atoms. The van der Waals surface area contributed by atoms with Gasteiger partial charge < -0.3 is 20.1 Å². The van der Waals surface area contributed by atoms with E-state index in [1.165, 1.54) is 77.0 Å². The maximum atomic E-state index is 12.0. The molecule has 3 N–H and O–H groups in total. The van der Waals surface area contributed by atoms with Gasteiger partial charge in [0.15, 0.2) is 11.5 Å². The molecule has 0 saturated carbocycles. The van der Waals surface area contributed by atoms with Gasteiger partial charge in [0.1, 0.15) is 5.75 Å². The van der Waals surface area contributed by atoms with Gasteiger partial charge in [-0.25, -0.2) is 0 Å². The molecule has 1 rings (SSSR count). The third-order valence-electron chi connectivity index (χ3n) is 5.67. The molecular weight excluding hydrogens is 380 g/mol. The Bertz CT molecular complexity index is 576. The molecule has 0 heterocycles. The number of rotatable bonds is 17. The Morgan fingerprint density at radius 2 is 1.27 bits per heavy atom. The van der Waals surface area contributed by atoms with Crippen LogP contribution >= 0.6 is 0 Å². The van der Waals surface area contributed by atoms with Crippen molar-refractivity contribution in [2.45, 2.75) is 110 Å². The van der Waals surface area contributed by atoms with Gasteiger partial charge in [-0.05, 0) is 12.3 Å². The quantitative estimate of drug-likeness (QED) is 0.107. The van der Waals surface area contributed by atoms with Crippen molar-refractivity contribution in [1.82, 2.24) is 0 Å². The lowest BCUT2D eigenvalue weighted by molar-refractivity contribution is -0.134. The fourth-order valence-corrected chi connectivity index (χ4v) is 3.66. The SMILES string of the molecule is CCCCCCCCCCCCCCC(C)CCC(=O)Oc1cc(O)c(O)c(O)c1. The summed E-state index contributed by atoms with van der Waals surface area (Å²) in [6.45, 7) is 4.42. The lowest BCUT2D eigenvalue weighted by Gasteiger charge is -2.11. The second-order valence-electron chi connectivity index (χ2n) is 8.61. The smallest absolute Gasteiger partial charge is 0.311 e. The topological polar surface area (TPSA) is 87.0 Å². The zero-order chi connectivity index (χ0) is 22.2. The molecule has 5 heteroatoms. The molecule has 0 aromatic heterocycles. The first-order chi connectivity index (χ1) is 14.4. The first-order valence-electron chi connectivity index (χ1n) is 11.9. The minimum Gasteiger partial charge on any atom is -0.504 e. The zero-order valence-electron chi connectivity index (χ0n) is 19.0. The summed E-state index contributed by atoms with van der Waals surface area (Å²) in [5.41, 5.74) is 0. The number of phenolic OH excluding ortho intramolecular Hbond substituents is 3. The highest BCUT2D eigenvalue weighted by molar-refractivity contribution is 5.73. The fraction of sp³-hybridized carbons (Fsp3) is 0.720. The Labute approximate surface area is 182 Å². The van der Waals surface area contributed by atoms with Gasteiger partial charge >= 0.3 is 5.97 Å². The molecule has 1 unspecified atom stereocenters. The monoisotopic (exact) mass is 422 g/mol. The van der Waals surface area contributed by atoms with E-state index in [2.05, 4.69) is 13.8 Å². The largest absolute Gasteiger partial charge is 0.504 e. The predicted molar refractivity (Wildman–Crippen MR) is 121 cm³/mol. The van der Waals surface area contributed by atoms with Crippen LogP contribution in [0.3, 0.4) is 0 Å². The summed E-state index contributed by atoms with van der Waals surface area (Å²) < 4.78 is 5.13. The summed E-state index contributed by atoms with van der Waals surface area (Å²) in [5, 5.41) is 28.2. The van der Waals surface area contributed by atoms with Crippen molar-refractivity contribution < 1.29 is 24.9 Å². The van der Waals surface area contributed by atoms with Gasteiger partial charge in [0.25, 0.3) is 0 Å². The number of carbonyl (C=O) groups excluding carboxylic acids is 1. The van der Waals surface area contributed by atoms with Crippen LogP contribution in [0.25, 0.3) is 0 Å². The van der Waals surface area contributed by atoms with Crippen LogP contribution in [0.2, 0.25) is 0 Å². The Hall–Kier alpha value is -1.91. The van der Waals surface area contributed by atoms with Crippen LogP contribution in [0.4, 0.5) is 0 Å². The third kappa shape index (κ3) is 11.9. The molecule has 1 aromatic rings. The molecule has 1 aromatic carbocycles. The average molecular weight is 423 g/mol. The molecule has 1 atom stereocenters. The van der Waals surface area contributed by atoms with Gasteiger partial charge in [-0.1, -0.05) is 97.3 Å². The summed E-state index contributed by atoms with van der Waals surface area (Å²) in [6, 6.07) is 2.23. The van der Waals surface area contributed by atoms with Crippen molar-refractivity contribution >= 4 is 5.97 Å². The molecule has 5 nitrogen and oxygen atoms in total. The Morgan fingerprint density at radius 3 is 1.77 bits per heavy atom. The number of esters is 1. The second kappa shape index (κ2) is 15.9. The van der Waals surface area contributed by atoms with E-state index in [1.807, 2.05) is 0 Å². The van der Waals surface area contributed by atoms with Crippen LogP contribution in [0.15, 0.2) is 12.1 Å². The normalized spacial score (nSPS) is 12.1. The minimum atomic E-state index is -0.620. The first-order valence-corrected chi connectivity index (χ1v) is 11.9. The standard InChI is InChI=1S/C25H42O5/c1-3-4-5-6-7-8-9-10-11-12-13-14-15-20(2)16-17-24(28)30-21-18-22(26)25(29)23(27)19-21/h18-20,26-27,29H,3-17H2,1-2H3. The molecule has 0 aliphatic carbocycles. The van der Waals surface area contributed by atoms with Crippen LogP contribution < -0.4 is 4.74 Å².